The molecule has 21 heavy (non-hydrogen) atoms. The predicted molar refractivity (Wildman–Crippen MR) is 84.3 cm³/mol. The molecule has 2 N–H and O–H groups in total. The molecular formula is C14H19BrN2O3S. The van der Waals surface area contributed by atoms with E-state index in [0.717, 1.165) is 17.3 Å². The molecule has 1 aliphatic carbocycles. The van der Waals surface area contributed by atoms with Crippen LogP contribution in [-0.4, -0.2) is 26.9 Å². The number of carbonyl (C=O) groups is 1. The monoisotopic (exact) mass is 374 g/mol. The molecule has 0 aromatic heterocycles. The minimum Gasteiger partial charge on any atom is -0.353 e. The zero-order valence-electron chi connectivity index (χ0n) is 11.8. The summed E-state index contributed by atoms with van der Waals surface area (Å²) in [5, 5.41) is 2.90. The second kappa shape index (κ2) is 6.89. The molecule has 2 rings (SSSR count). The van der Waals surface area contributed by atoms with Gasteiger partial charge in [0.2, 0.25) is 15.9 Å². The fraction of sp³-hybridized carbons (Fsp3) is 0.500. The van der Waals surface area contributed by atoms with Crippen molar-refractivity contribution in [3.8, 4) is 0 Å². The topological polar surface area (TPSA) is 75.3 Å². The van der Waals surface area contributed by atoms with E-state index >= 15 is 0 Å². The number of halogens is 1. The third-order valence-corrected chi connectivity index (χ3v) is 5.49. The number of rotatable bonds is 7. The third kappa shape index (κ3) is 5.09. The maximum Gasteiger partial charge on any atom is 0.240 e. The van der Waals surface area contributed by atoms with Crippen LogP contribution >= 0.6 is 15.9 Å². The molecule has 1 atom stereocenters. The van der Waals surface area contributed by atoms with Crippen molar-refractivity contribution < 1.29 is 13.2 Å². The van der Waals surface area contributed by atoms with Crippen molar-refractivity contribution in [3.63, 3.8) is 0 Å². The summed E-state index contributed by atoms with van der Waals surface area (Å²) in [4.78, 5) is 11.9. The van der Waals surface area contributed by atoms with Crippen LogP contribution in [0.5, 0.6) is 0 Å². The lowest BCUT2D eigenvalue weighted by atomic mass is 10.2. The molecule has 0 radical (unpaired) electrons. The molecule has 116 valence electrons. The quantitative estimate of drug-likeness (QED) is 0.766. The molecule has 1 saturated carbocycles. The first-order chi connectivity index (χ1) is 9.88. The van der Waals surface area contributed by atoms with Gasteiger partial charge in [0.1, 0.15) is 0 Å². The van der Waals surface area contributed by atoms with Crippen molar-refractivity contribution >= 4 is 31.9 Å². The Morgan fingerprint density at radius 1 is 1.33 bits per heavy atom. The zero-order valence-corrected chi connectivity index (χ0v) is 14.2. The average molecular weight is 375 g/mol. The highest BCUT2D eigenvalue weighted by Gasteiger charge is 2.28. The van der Waals surface area contributed by atoms with Gasteiger partial charge < -0.3 is 5.32 Å². The van der Waals surface area contributed by atoms with Gasteiger partial charge in [-0.3, -0.25) is 4.79 Å². The molecule has 0 spiro atoms. The van der Waals surface area contributed by atoms with E-state index in [4.69, 9.17) is 0 Å². The fourth-order valence-electron chi connectivity index (χ4n) is 2.04. The van der Waals surface area contributed by atoms with E-state index in [0.29, 0.717) is 5.92 Å². The number of amides is 1. The summed E-state index contributed by atoms with van der Waals surface area (Å²) >= 11 is 3.26. The van der Waals surface area contributed by atoms with E-state index in [1.165, 1.54) is 12.1 Å². The Morgan fingerprint density at radius 3 is 2.52 bits per heavy atom. The molecule has 7 heteroatoms. The van der Waals surface area contributed by atoms with Gasteiger partial charge in [0.15, 0.2) is 0 Å². The third-order valence-electron chi connectivity index (χ3n) is 3.49. The van der Waals surface area contributed by atoms with Gasteiger partial charge in [-0.1, -0.05) is 15.9 Å². The van der Waals surface area contributed by atoms with Crippen LogP contribution in [0.25, 0.3) is 0 Å². The maximum absolute atomic E-state index is 12.0. The molecular weight excluding hydrogens is 356 g/mol. The van der Waals surface area contributed by atoms with Crippen LogP contribution in [-0.2, 0) is 14.8 Å². The molecule has 1 aromatic carbocycles. The van der Waals surface area contributed by atoms with Crippen LogP contribution < -0.4 is 10.0 Å². The minimum atomic E-state index is -3.56. The first kappa shape index (κ1) is 16.5. The van der Waals surface area contributed by atoms with E-state index in [-0.39, 0.29) is 29.8 Å². The molecule has 0 bridgehead atoms. The Bertz CT molecular complexity index is 597. The van der Waals surface area contributed by atoms with E-state index < -0.39 is 10.0 Å². The first-order valence-electron chi connectivity index (χ1n) is 6.93. The number of carbonyl (C=O) groups excluding carboxylic acids is 1. The highest BCUT2D eigenvalue weighted by Crippen LogP contribution is 2.32. The summed E-state index contributed by atoms with van der Waals surface area (Å²) in [6, 6.07) is 6.54. The second-order valence-electron chi connectivity index (χ2n) is 5.30. The number of hydrogen-bond donors (Lipinski definition) is 2. The molecule has 1 amide bonds. The molecule has 0 unspecified atom stereocenters. The zero-order chi connectivity index (χ0) is 15.5. The van der Waals surface area contributed by atoms with Gasteiger partial charge in [-0.15, -0.1) is 0 Å². The lowest BCUT2D eigenvalue weighted by molar-refractivity contribution is -0.121. The molecule has 0 saturated heterocycles. The van der Waals surface area contributed by atoms with Crippen molar-refractivity contribution in [3.05, 3.63) is 28.7 Å². The average Bonchev–Trinajstić information content (AvgIpc) is 3.23. The molecule has 1 aromatic rings. The molecule has 0 heterocycles. The van der Waals surface area contributed by atoms with Gasteiger partial charge in [0, 0.05) is 23.5 Å². The minimum absolute atomic E-state index is 0.0988. The summed E-state index contributed by atoms with van der Waals surface area (Å²) in [6.45, 7) is 2.09. The smallest absolute Gasteiger partial charge is 0.240 e. The highest BCUT2D eigenvalue weighted by atomic mass is 79.9. The van der Waals surface area contributed by atoms with Crippen LogP contribution in [0.1, 0.15) is 26.2 Å². The maximum atomic E-state index is 12.0. The second-order valence-corrected chi connectivity index (χ2v) is 7.98. The lowest BCUT2D eigenvalue weighted by Crippen LogP contribution is -2.36. The summed E-state index contributed by atoms with van der Waals surface area (Å²) in [5.41, 5.74) is 0. The molecule has 1 fully saturated rings. The van der Waals surface area contributed by atoms with Crippen LogP contribution in [0.15, 0.2) is 33.6 Å². The molecule has 1 aliphatic rings. The van der Waals surface area contributed by atoms with E-state index in [9.17, 15) is 13.2 Å². The Morgan fingerprint density at radius 2 is 1.95 bits per heavy atom. The van der Waals surface area contributed by atoms with E-state index in [1.54, 1.807) is 12.1 Å². The summed E-state index contributed by atoms with van der Waals surface area (Å²) in [6.07, 6.45) is 2.47. The normalized spacial score (nSPS) is 16.5. The predicted octanol–water partition coefficient (Wildman–Crippen LogP) is 2.03. The molecule has 5 nitrogen and oxygen atoms in total. The largest absolute Gasteiger partial charge is 0.353 e. The van der Waals surface area contributed by atoms with Crippen LogP contribution in [0.3, 0.4) is 0 Å². The van der Waals surface area contributed by atoms with Gasteiger partial charge >= 0.3 is 0 Å². The van der Waals surface area contributed by atoms with Crippen LogP contribution in [0.2, 0.25) is 0 Å². The standard InChI is InChI=1S/C14H19BrN2O3S/c1-10(11-2-3-11)17-14(18)8-9-16-21(19,20)13-6-4-12(15)5-7-13/h4-7,10-11,16H,2-3,8-9H2,1H3,(H,17,18)/t10-/m0/s1. The fourth-order valence-corrected chi connectivity index (χ4v) is 3.33. The number of sulfonamides is 1. The van der Waals surface area contributed by atoms with Crippen molar-refractivity contribution in [1.29, 1.82) is 0 Å². The SMILES string of the molecule is C[C@H](NC(=O)CCNS(=O)(=O)c1ccc(Br)cc1)C1CC1. The van der Waals surface area contributed by atoms with Crippen LogP contribution in [0, 0.1) is 5.92 Å². The van der Waals surface area contributed by atoms with Gasteiger partial charge in [-0.2, -0.15) is 0 Å². The number of benzene rings is 1. The summed E-state index contributed by atoms with van der Waals surface area (Å²) in [7, 11) is -3.56. The van der Waals surface area contributed by atoms with E-state index in [2.05, 4.69) is 26.0 Å². The Kier molecular flexibility index (Phi) is 5.40. The highest BCUT2D eigenvalue weighted by molar-refractivity contribution is 9.10. The molecule has 0 aliphatic heterocycles. The Labute approximate surface area is 133 Å². The van der Waals surface area contributed by atoms with Crippen molar-refractivity contribution in [2.75, 3.05) is 6.54 Å². The Hall–Kier alpha value is -0.920. The van der Waals surface area contributed by atoms with E-state index in [1.807, 2.05) is 6.92 Å². The van der Waals surface area contributed by atoms with Crippen LogP contribution in [0.4, 0.5) is 0 Å². The van der Waals surface area contributed by atoms with Gasteiger partial charge in [-0.05, 0) is 49.9 Å². The summed E-state index contributed by atoms with van der Waals surface area (Å²) in [5.74, 6) is 0.473. The Balaban J connectivity index is 1.78. The van der Waals surface area contributed by atoms with Gasteiger partial charge in [0.05, 0.1) is 4.90 Å². The number of hydrogen-bond acceptors (Lipinski definition) is 3. The van der Waals surface area contributed by atoms with Gasteiger partial charge in [-0.25, -0.2) is 13.1 Å². The van der Waals surface area contributed by atoms with Crippen molar-refractivity contribution in [2.45, 2.75) is 37.1 Å². The van der Waals surface area contributed by atoms with Crippen molar-refractivity contribution in [2.24, 2.45) is 5.92 Å². The summed E-state index contributed by atoms with van der Waals surface area (Å²) < 4.78 is 27.3. The first-order valence-corrected chi connectivity index (χ1v) is 9.21. The number of nitrogens with one attached hydrogen (secondary N) is 2. The van der Waals surface area contributed by atoms with Crippen molar-refractivity contribution in [1.82, 2.24) is 10.0 Å². The lowest BCUT2D eigenvalue weighted by Gasteiger charge is -2.13. The van der Waals surface area contributed by atoms with Gasteiger partial charge in [0.25, 0.3) is 0 Å².